The average molecular weight is 402 g/mol. The number of anilines is 3. The van der Waals surface area contributed by atoms with Crippen LogP contribution in [-0.4, -0.2) is 34.8 Å². The van der Waals surface area contributed by atoms with Gasteiger partial charge in [-0.2, -0.15) is 0 Å². The molecular weight excluding hydrogens is 376 g/mol. The molecule has 2 heterocycles. The second-order valence-corrected chi connectivity index (χ2v) is 7.05. The average Bonchev–Trinajstić information content (AvgIpc) is 3.19. The van der Waals surface area contributed by atoms with Crippen LogP contribution < -0.4 is 10.6 Å². The highest BCUT2D eigenvalue weighted by Gasteiger charge is 2.03. The molecule has 4 N–H and O–H groups in total. The van der Waals surface area contributed by atoms with Crippen molar-refractivity contribution in [2.24, 2.45) is 0 Å². The maximum atomic E-state index is 8.80. The zero-order valence-electron chi connectivity index (χ0n) is 16.8. The van der Waals surface area contributed by atoms with Gasteiger partial charge < -0.3 is 25.5 Å². The van der Waals surface area contributed by atoms with Gasteiger partial charge in [0.15, 0.2) is 0 Å². The molecule has 4 rings (SSSR count). The highest BCUT2D eigenvalue weighted by molar-refractivity contribution is 5.83. The normalized spacial score (nSPS) is 11.0. The number of aromatic amines is 1. The van der Waals surface area contributed by atoms with E-state index in [0.717, 1.165) is 35.7 Å². The topological polar surface area (TPSA) is 82.2 Å². The minimum atomic E-state index is 0.0140. The highest BCUT2D eigenvalue weighted by atomic mass is 16.5. The zero-order valence-corrected chi connectivity index (χ0v) is 16.8. The van der Waals surface area contributed by atoms with Crippen molar-refractivity contribution in [2.75, 3.05) is 30.4 Å². The Labute approximate surface area is 175 Å². The molecule has 2 aromatic carbocycles. The Bertz CT molecular complexity index is 1080. The maximum absolute atomic E-state index is 8.80. The third kappa shape index (κ3) is 5.17. The third-order valence-electron chi connectivity index (χ3n) is 4.87. The number of aliphatic hydroxyl groups excluding tert-OH is 1. The second-order valence-electron chi connectivity index (χ2n) is 7.05. The smallest absolute Gasteiger partial charge is 0.0889 e. The van der Waals surface area contributed by atoms with Gasteiger partial charge in [0.1, 0.15) is 0 Å². The summed E-state index contributed by atoms with van der Waals surface area (Å²) < 4.78 is 5.33. The summed E-state index contributed by atoms with van der Waals surface area (Å²) in [7, 11) is 0. The quantitative estimate of drug-likeness (QED) is 0.294. The van der Waals surface area contributed by atoms with Crippen LogP contribution in [0, 0.1) is 0 Å². The van der Waals surface area contributed by atoms with E-state index in [2.05, 4.69) is 69.3 Å². The number of aliphatic hydroxyl groups is 1. The fourth-order valence-corrected chi connectivity index (χ4v) is 3.39. The molecular formula is C24H26N4O2. The van der Waals surface area contributed by atoms with Crippen LogP contribution in [0.3, 0.4) is 0 Å². The summed E-state index contributed by atoms with van der Waals surface area (Å²) in [6, 6.07) is 20.5. The minimum Gasteiger partial charge on any atom is -0.394 e. The molecule has 0 amide bonds. The van der Waals surface area contributed by atoms with Crippen molar-refractivity contribution in [2.45, 2.75) is 13.0 Å². The first-order valence-electron chi connectivity index (χ1n) is 10.1. The number of hydrogen-bond donors (Lipinski definition) is 4. The van der Waals surface area contributed by atoms with Gasteiger partial charge in [-0.05, 0) is 54.4 Å². The Balaban J connectivity index is 1.29. The number of nitrogens with zero attached hydrogens (tertiary/aromatic N) is 1. The Kier molecular flexibility index (Phi) is 6.59. The minimum absolute atomic E-state index is 0.0140. The number of H-pyrrole nitrogens is 1. The molecule has 30 heavy (non-hydrogen) atoms. The molecule has 0 radical (unpaired) electrons. The number of aromatic nitrogens is 2. The van der Waals surface area contributed by atoms with E-state index in [4.69, 9.17) is 9.84 Å². The number of fused-ring (bicyclic) bond motifs is 1. The van der Waals surface area contributed by atoms with Crippen molar-refractivity contribution in [3.05, 3.63) is 84.3 Å². The van der Waals surface area contributed by atoms with Crippen LogP contribution in [0.5, 0.6) is 0 Å². The molecule has 0 aliphatic carbocycles. The number of para-hydroxylation sites is 1. The van der Waals surface area contributed by atoms with Gasteiger partial charge >= 0.3 is 0 Å². The van der Waals surface area contributed by atoms with E-state index in [1.54, 1.807) is 6.20 Å². The summed E-state index contributed by atoms with van der Waals surface area (Å²) >= 11 is 0. The number of pyridine rings is 1. The number of nitrogens with one attached hydrogen (secondary N) is 3. The van der Waals surface area contributed by atoms with Gasteiger partial charge in [0, 0.05) is 46.9 Å². The fourth-order valence-electron chi connectivity index (χ4n) is 3.39. The highest BCUT2D eigenvalue weighted by Crippen LogP contribution is 2.21. The standard InChI is InChI=1S/C24H26N4O2/c29-13-14-30-17-22-15-21(10-12-26-22)28-20-7-5-19(6-8-20)25-11-9-18-16-27-24-4-2-1-3-23(18)24/h1-8,10,12,15-16,25,27,29H,9,11,13-14,17H2,(H,26,28). The van der Waals surface area contributed by atoms with Gasteiger partial charge in [0.2, 0.25) is 0 Å². The van der Waals surface area contributed by atoms with Crippen molar-refractivity contribution in [1.29, 1.82) is 0 Å². The number of rotatable bonds is 10. The van der Waals surface area contributed by atoms with Crippen molar-refractivity contribution in [3.8, 4) is 0 Å². The van der Waals surface area contributed by atoms with E-state index in [-0.39, 0.29) is 6.61 Å². The molecule has 6 nitrogen and oxygen atoms in total. The van der Waals surface area contributed by atoms with Crippen LogP contribution in [-0.2, 0) is 17.8 Å². The predicted octanol–water partition coefficient (Wildman–Crippen LogP) is 4.47. The van der Waals surface area contributed by atoms with Crippen LogP contribution in [0.2, 0.25) is 0 Å². The Morgan fingerprint density at radius 2 is 1.80 bits per heavy atom. The monoisotopic (exact) mass is 402 g/mol. The van der Waals surface area contributed by atoms with Crippen molar-refractivity contribution >= 4 is 28.0 Å². The van der Waals surface area contributed by atoms with Gasteiger partial charge in [-0.3, -0.25) is 4.98 Å². The summed E-state index contributed by atoms with van der Waals surface area (Å²) in [5, 5.41) is 17.0. The van der Waals surface area contributed by atoms with Crippen LogP contribution >= 0.6 is 0 Å². The van der Waals surface area contributed by atoms with Crippen LogP contribution in [0.4, 0.5) is 17.1 Å². The molecule has 154 valence electrons. The summed E-state index contributed by atoms with van der Waals surface area (Å²) in [5.74, 6) is 0. The second kappa shape index (κ2) is 9.91. The fraction of sp³-hybridized carbons (Fsp3) is 0.208. The molecule has 0 spiro atoms. The molecule has 0 fully saturated rings. The van der Waals surface area contributed by atoms with E-state index in [1.807, 2.05) is 18.2 Å². The molecule has 4 aromatic rings. The first-order chi connectivity index (χ1) is 14.8. The van der Waals surface area contributed by atoms with Crippen LogP contribution in [0.15, 0.2) is 73.1 Å². The van der Waals surface area contributed by atoms with Crippen LogP contribution in [0.1, 0.15) is 11.3 Å². The first-order valence-corrected chi connectivity index (χ1v) is 10.1. The van der Waals surface area contributed by atoms with Crippen molar-refractivity contribution < 1.29 is 9.84 Å². The summed E-state index contributed by atoms with van der Waals surface area (Å²) in [6.45, 7) is 1.58. The Morgan fingerprint density at radius 1 is 0.967 bits per heavy atom. The largest absolute Gasteiger partial charge is 0.394 e. The number of benzene rings is 2. The lowest BCUT2D eigenvalue weighted by Crippen LogP contribution is -2.04. The van der Waals surface area contributed by atoms with Gasteiger partial charge in [0.25, 0.3) is 0 Å². The predicted molar refractivity (Wildman–Crippen MR) is 121 cm³/mol. The SMILES string of the molecule is OCCOCc1cc(Nc2ccc(NCCc3c[nH]c4ccccc34)cc2)ccn1. The maximum Gasteiger partial charge on any atom is 0.0889 e. The van der Waals surface area contributed by atoms with E-state index >= 15 is 0 Å². The molecule has 0 saturated carbocycles. The van der Waals surface area contributed by atoms with Gasteiger partial charge in [0.05, 0.1) is 25.5 Å². The van der Waals surface area contributed by atoms with Gasteiger partial charge in [-0.15, -0.1) is 0 Å². The lowest BCUT2D eigenvalue weighted by molar-refractivity contribution is 0.0797. The molecule has 0 atom stereocenters. The van der Waals surface area contributed by atoms with Gasteiger partial charge in [-0.25, -0.2) is 0 Å². The van der Waals surface area contributed by atoms with E-state index in [1.165, 1.54) is 16.5 Å². The number of ether oxygens (including phenoxy) is 1. The summed E-state index contributed by atoms with van der Waals surface area (Å²) in [4.78, 5) is 7.61. The van der Waals surface area contributed by atoms with Crippen molar-refractivity contribution in [1.82, 2.24) is 9.97 Å². The van der Waals surface area contributed by atoms with Gasteiger partial charge in [-0.1, -0.05) is 18.2 Å². The number of hydrogen-bond acceptors (Lipinski definition) is 5. The lowest BCUT2D eigenvalue weighted by Gasteiger charge is -2.10. The van der Waals surface area contributed by atoms with Crippen LogP contribution in [0.25, 0.3) is 10.9 Å². The molecule has 6 heteroatoms. The van der Waals surface area contributed by atoms with E-state index in [9.17, 15) is 0 Å². The lowest BCUT2D eigenvalue weighted by atomic mass is 10.1. The van der Waals surface area contributed by atoms with E-state index in [0.29, 0.717) is 13.2 Å². The molecule has 0 bridgehead atoms. The molecule has 0 aliphatic heterocycles. The molecule has 0 unspecified atom stereocenters. The Morgan fingerprint density at radius 3 is 2.67 bits per heavy atom. The molecule has 2 aromatic heterocycles. The molecule has 0 aliphatic rings. The summed E-state index contributed by atoms with van der Waals surface area (Å²) in [5.41, 5.74) is 6.38. The molecule has 0 saturated heterocycles. The zero-order chi connectivity index (χ0) is 20.6. The van der Waals surface area contributed by atoms with Crippen molar-refractivity contribution in [3.63, 3.8) is 0 Å². The summed E-state index contributed by atoms with van der Waals surface area (Å²) in [6.07, 6.45) is 4.81. The first kappa shape index (κ1) is 19.9. The third-order valence-corrected chi connectivity index (χ3v) is 4.87. The Hall–Kier alpha value is -3.35. The van der Waals surface area contributed by atoms with E-state index < -0.39 is 0 Å².